The Labute approximate surface area is 128 Å². The van der Waals surface area contributed by atoms with Gasteiger partial charge in [-0.3, -0.25) is 0 Å². The number of nitrogens with zero attached hydrogens (tertiary/aromatic N) is 1. The standard InChI is InChI=1S/C18H28N2O/c1-4-9-14(10-5-2)16(19-6-3)13-18-20-15-11-7-8-12-17(15)21-18/h7-8,11-12,14,16,19H,4-6,9-10,13H2,1-3H3. The van der Waals surface area contributed by atoms with E-state index in [1.807, 2.05) is 24.3 Å². The van der Waals surface area contributed by atoms with Crippen LogP contribution in [0.15, 0.2) is 28.7 Å². The van der Waals surface area contributed by atoms with Crippen LogP contribution in [0.1, 0.15) is 52.3 Å². The number of hydrogen-bond acceptors (Lipinski definition) is 3. The summed E-state index contributed by atoms with van der Waals surface area (Å²) >= 11 is 0. The predicted molar refractivity (Wildman–Crippen MR) is 88.5 cm³/mol. The third-order valence-corrected chi connectivity index (χ3v) is 4.09. The van der Waals surface area contributed by atoms with E-state index in [0.29, 0.717) is 12.0 Å². The van der Waals surface area contributed by atoms with Gasteiger partial charge in [0.25, 0.3) is 0 Å². The molecule has 1 aromatic carbocycles. The van der Waals surface area contributed by atoms with E-state index in [9.17, 15) is 0 Å². The zero-order valence-electron chi connectivity index (χ0n) is 13.6. The van der Waals surface area contributed by atoms with Crippen LogP contribution in [0.3, 0.4) is 0 Å². The maximum absolute atomic E-state index is 5.90. The quantitative estimate of drug-likeness (QED) is 0.734. The van der Waals surface area contributed by atoms with Crippen molar-refractivity contribution in [3.8, 4) is 0 Å². The molecule has 0 amide bonds. The molecule has 0 saturated heterocycles. The molecule has 3 heteroatoms. The van der Waals surface area contributed by atoms with Crippen molar-refractivity contribution < 1.29 is 4.42 Å². The van der Waals surface area contributed by atoms with Crippen LogP contribution in [0.5, 0.6) is 0 Å². The summed E-state index contributed by atoms with van der Waals surface area (Å²) in [5, 5.41) is 3.65. The Kier molecular flexibility index (Phi) is 6.24. The molecule has 2 aromatic rings. The second kappa shape index (κ2) is 8.18. The smallest absolute Gasteiger partial charge is 0.197 e. The lowest BCUT2D eigenvalue weighted by Crippen LogP contribution is -2.38. The largest absolute Gasteiger partial charge is 0.441 e. The van der Waals surface area contributed by atoms with Gasteiger partial charge in [-0.05, 0) is 37.4 Å². The fourth-order valence-electron chi connectivity index (χ4n) is 3.15. The number of oxazole rings is 1. The molecule has 1 aromatic heterocycles. The highest BCUT2D eigenvalue weighted by Crippen LogP contribution is 2.23. The second-order valence-electron chi connectivity index (χ2n) is 5.78. The molecular weight excluding hydrogens is 260 g/mol. The molecule has 2 rings (SSSR count). The highest BCUT2D eigenvalue weighted by Gasteiger charge is 2.22. The molecule has 0 fully saturated rings. The molecule has 21 heavy (non-hydrogen) atoms. The summed E-state index contributed by atoms with van der Waals surface area (Å²) in [7, 11) is 0. The van der Waals surface area contributed by atoms with E-state index in [1.165, 1.54) is 25.7 Å². The van der Waals surface area contributed by atoms with Crippen LogP contribution in [-0.2, 0) is 6.42 Å². The Bertz CT molecular complexity index is 496. The molecule has 1 N–H and O–H groups in total. The molecule has 0 aliphatic rings. The summed E-state index contributed by atoms with van der Waals surface area (Å²) in [5.74, 6) is 1.56. The van der Waals surface area contributed by atoms with Crippen molar-refractivity contribution in [1.29, 1.82) is 0 Å². The van der Waals surface area contributed by atoms with Gasteiger partial charge in [-0.25, -0.2) is 4.98 Å². The van der Waals surface area contributed by atoms with E-state index in [4.69, 9.17) is 4.42 Å². The minimum atomic E-state index is 0.461. The molecule has 0 aliphatic heterocycles. The molecule has 3 nitrogen and oxygen atoms in total. The van der Waals surface area contributed by atoms with E-state index >= 15 is 0 Å². The molecule has 116 valence electrons. The lowest BCUT2D eigenvalue weighted by molar-refractivity contribution is 0.298. The van der Waals surface area contributed by atoms with Crippen LogP contribution in [0.4, 0.5) is 0 Å². The molecule has 1 atom stereocenters. The lowest BCUT2D eigenvalue weighted by atomic mass is 9.88. The molecular formula is C18H28N2O. The lowest BCUT2D eigenvalue weighted by Gasteiger charge is -2.26. The number of fused-ring (bicyclic) bond motifs is 1. The summed E-state index contributed by atoms with van der Waals surface area (Å²) < 4.78 is 5.90. The van der Waals surface area contributed by atoms with E-state index in [1.54, 1.807) is 0 Å². The zero-order valence-corrected chi connectivity index (χ0v) is 13.6. The minimum absolute atomic E-state index is 0.461. The monoisotopic (exact) mass is 288 g/mol. The maximum Gasteiger partial charge on any atom is 0.197 e. The van der Waals surface area contributed by atoms with E-state index in [2.05, 4.69) is 31.1 Å². The van der Waals surface area contributed by atoms with Crippen molar-refractivity contribution in [3.63, 3.8) is 0 Å². The van der Waals surface area contributed by atoms with Gasteiger partial charge in [-0.15, -0.1) is 0 Å². The summed E-state index contributed by atoms with van der Waals surface area (Å²) in [4.78, 5) is 4.63. The summed E-state index contributed by atoms with van der Waals surface area (Å²) in [5.41, 5.74) is 1.86. The summed E-state index contributed by atoms with van der Waals surface area (Å²) in [6.07, 6.45) is 5.89. The number of rotatable bonds is 9. The first-order valence-corrected chi connectivity index (χ1v) is 8.36. The van der Waals surface area contributed by atoms with Gasteiger partial charge in [0, 0.05) is 12.5 Å². The maximum atomic E-state index is 5.90. The highest BCUT2D eigenvalue weighted by atomic mass is 16.3. The average Bonchev–Trinajstić information content (AvgIpc) is 2.89. The fourth-order valence-corrected chi connectivity index (χ4v) is 3.15. The van der Waals surface area contributed by atoms with E-state index in [0.717, 1.165) is 30.0 Å². The molecule has 1 unspecified atom stereocenters. The summed E-state index contributed by atoms with van der Waals surface area (Å²) in [6, 6.07) is 8.47. The van der Waals surface area contributed by atoms with Gasteiger partial charge < -0.3 is 9.73 Å². The van der Waals surface area contributed by atoms with Crippen molar-refractivity contribution >= 4 is 11.1 Å². The average molecular weight is 288 g/mol. The SMILES string of the molecule is CCCC(CCC)C(Cc1nc2ccccc2o1)NCC. The van der Waals surface area contributed by atoms with Crippen molar-refractivity contribution in [2.75, 3.05) is 6.54 Å². The molecule has 0 spiro atoms. The molecule has 0 aliphatic carbocycles. The fraction of sp³-hybridized carbons (Fsp3) is 0.611. The number of nitrogens with one attached hydrogen (secondary N) is 1. The van der Waals surface area contributed by atoms with Crippen LogP contribution in [0.25, 0.3) is 11.1 Å². The van der Waals surface area contributed by atoms with Crippen molar-refractivity contribution in [3.05, 3.63) is 30.2 Å². The van der Waals surface area contributed by atoms with E-state index < -0.39 is 0 Å². The Balaban J connectivity index is 2.13. The number of benzene rings is 1. The highest BCUT2D eigenvalue weighted by molar-refractivity contribution is 5.72. The molecule has 1 heterocycles. The topological polar surface area (TPSA) is 38.1 Å². The number of likely N-dealkylation sites (N-methyl/N-ethyl adjacent to an activating group) is 1. The first-order chi connectivity index (χ1) is 10.3. The predicted octanol–water partition coefficient (Wildman–Crippen LogP) is 4.56. The van der Waals surface area contributed by atoms with Gasteiger partial charge in [-0.1, -0.05) is 45.7 Å². The normalized spacial score (nSPS) is 13.1. The Morgan fingerprint density at radius 1 is 1.10 bits per heavy atom. The third kappa shape index (κ3) is 4.31. The Morgan fingerprint density at radius 3 is 2.43 bits per heavy atom. The Morgan fingerprint density at radius 2 is 1.81 bits per heavy atom. The van der Waals surface area contributed by atoms with Crippen molar-refractivity contribution in [1.82, 2.24) is 10.3 Å². The molecule has 0 bridgehead atoms. The Hall–Kier alpha value is -1.35. The van der Waals surface area contributed by atoms with Gasteiger partial charge in [0.05, 0.1) is 0 Å². The van der Waals surface area contributed by atoms with Gasteiger partial charge in [0.2, 0.25) is 0 Å². The molecule has 0 saturated carbocycles. The first-order valence-electron chi connectivity index (χ1n) is 8.36. The first kappa shape index (κ1) is 16.0. The van der Waals surface area contributed by atoms with Gasteiger partial charge in [0.15, 0.2) is 11.5 Å². The second-order valence-corrected chi connectivity index (χ2v) is 5.78. The van der Waals surface area contributed by atoms with Gasteiger partial charge in [0.1, 0.15) is 5.52 Å². The van der Waals surface area contributed by atoms with Crippen LogP contribution in [0.2, 0.25) is 0 Å². The minimum Gasteiger partial charge on any atom is -0.441 e. The van der Waals surface area contributed by atoms with Crippen molar-refractivity contribution in [2.45, 2.75) is 58.9 Å². The zero-order chi connectivity index (χ0) is 15.1. The third-order valence-electron chi connectivity index (χ3n) is 4.09. The van der Waals surface area contributed by atoms with Crippen molar-refractivity contribution in [2.24, 2.45) is 5.92 Å². The molecule has 0 radical (unpaired) electrons. The number of para-hydroxylation sites is 2. The summed E-state index contributed by atoms with van der Waals surface area (Å²) in [6.45, 7) is 7.71. The van der Waals surface area contributed by atoms with Gasteiger partial charge in [-0.2, -0.15) is 0 Å². The number of hydrogen-bond donors (Lipinski definition) is 1. The van der Waals surface area contributed by atoms with Crippen LogP contribution < -0.4 is 5.32 Å². The van der Waals surface area contributed by atoms with E-state index in [-0.39, 0.29) is 0 Å². The van der Waals surface area contributed by atoms with Crippen LogP contribution in [-0.4, -0.2) is 17.6 Å². The number of aromatic nitrogens is 1. The van der Waals surface area contributed by atoms with Crippen LogP contribution in [0, 0.1) is 5.92 Å². The van der Waals surface area contributed by atoms with Gasteiger partial charge >= 0.3 is 0 Å². The van der Waals surface area contributed by atoms with Crippen LogP contribution >= 0.6 is 0 Å².